The number of aromatic nitrogens is 2. The second kappa shape index (κ2) is 6.56. The normalized spacial score (nSPS) is 17.3. The average Bonchev–Trinajstić information content (AvgIpc) is 2.96. The Bertz CT molecular complexity index is 700. The van der Waals surface area contributed by atoms with E-state index in [9.17, 15) is 9.59 Å². The van der Waals surface area contributed by atoms with Gasteiger partial charge in [0.1, 0.15) is 5.92 Å². The SMILES string of the molecule is Cc1cnc(CNC(=O)C2CCN(c3ccccc3)C2=O)cn1. The van der Waals surface area contributed by atoms with Gasteiger partial charge >= 0.3 is 0 Å². The third kappa shape index (κ3) is 3.36. The summed E-state index contributed by atoms with van der Waals surface area (Å²) in [5.74, 6) is -1.03. The molecule has 0 spiro atoms. The van der Waals surface area contributed by atoms with Crippen molar-refractivity contribution in [1.29, 1.82) is 0 Å². The molecule has 0 saturated carbocycles. The number of nitrogens with zero attached hydrogens (tertiary/aromatic N) is 3. The Hall–Kier alpha value is -2.76. The number of carbonyl (C=O) groups is 2. The molecule has 0 bridgehead atoms. The molecule has 1 N–H and O–H groups in total. The minimum absolute atomic E-state index is 0.149. The highest BCUT2D eigenvalue weighted by Crippen LogP contribution is 2.25. The highest BCUT2D eigenvalue weighted by molar-refractivity contribution is 6.09. The van der Waals surface area contributed by atoms with Gasteiger partial charge in [0.05, 0.1) is 24.1 Å². The topological polar surface area (TPSA) is 75.2 Å². The van der Waals surface area contributed by atoms with Gasteiger partial charge in [-0.1, -0.05) is 18.2 Å². The van der Waals surface area contributed by atoms with Gasteiger partial charge in [-0.05, 0) is 25.5 Å². The van der Waals surface area contributed by atoms with E-state index in [4.69, 9.17) is 0 Å². The first kappa shape index (κ1) is 15.1. The van der Waals surface area contributed by atoms with E-state index in [1.165, 1.54) is 0 Å². The van der Waals surface area contributed by atoms with Crippen molar-refractivity contribution < 1.29 is 9.59 Å². The lowest BCUT2D eigenvalue weighted by molar-refractivity contribution is -0.132. The molecular weight excluding hydrogens is 292 g/mol. The van der Waals surface area contributed by atoms with E-state index >= 15 is 0 Å². The molecule has 118 valence electrons. The predicted molar refractivity (Wildman–Crippen MR) is 85.5 cm³/mol. The summed E-state index contributed by atoms with van der Waals surface area (Å²) in [6, 6.07) is 9.41. The minimum Gasteiger partial charge on any atom is -0.350 e. The van der Waals surface area contributed by atoms with Gasteiger partial charge in [0.25, 0.3) is 0 Å². The second-order valence-corrected chi connectivity index (χ2v) is 5.53. The number of rotatable bonds is 4. The smallest absolute Gasteiger partial charge is 0.239 e. The van der Waals surface area contributed by atoms with Crippen LogP contribution in [0.2, 0.25) is 0 Å². The van der Waals surface area contributed by atoms with Crippen LogP contribution in [0.5, 0.6) is 0 Å². The van der Waals surface area contributed by atoms with E-state index in [2.05, 4.69) is 15.3 Å². The Labute approximate surface area is 134 Å². The molecule has 1 aromatic carbocycles. The highest BCUT2D eigenvalue weighted by atomic mass is 16.2. The standard InChI is InChI=1S/C17H18N4O2/c1-12-9-19-13(10-18-12)11-20-16(22)15-7-8-21(17(15)23)14-5-3-2-4-6-14/h2-6,9-10,15H,7-8,11H2,1H3,(H,20,22). The summed E-state index contributed by atoms with van der Waals surface area (Å²) in [7, 11) is 0. The molecular formula is C17H18N4O2. The van der Waals surface area contributed by atoms with E-state index in [-0.39, 0.29) is 18.4 Å². The lowest BCUT2D eigenvalue weighted by Crippen LogP contribution is -2.36. The lowest BCUT2D eigenvalue weighted by atomic mass is 10.1. The van der Waals surface area contributed by atoms with Crippen molar-refractivity contribution in [3.05, 3.63) is 54.1 Å². The van der Waals surface area contributed by atoms with E-state index in [0.717, 1.165) is 11.4 Å². The van der Waals surface area contributed by atoms with Crippen LogP contribution >= 0.6 is 0 Å². The summed E-state index contributed by atoms with van der Waals surface area (Å²) < 4.78 is 0. The maximum Gasteiger partial charge on any atom is 0.239 e. The zero-order valence-electron chi connectivity index (χ0n) is 12.9. The fraction of sp³-hybridized carbons (Fsp3) is 0.294. The third-order valence-electron chi connectivity index (χ3n) is 3.87. The van der Waals surface area contributed by atoms with Crippen molar-refractivity contribution >= 4 is 17.5 Å². The molecule has 1 aromatic heterocycles. The molecule has 23 heavy (non-hydrogen) atoms. The van der Waals surface area contributed by atoms with E-state index < -0.39 is 5.92 Å². The molecule has 6 nitrogen and oxygen atoms in total. The van der Waals surface area contributed by atoms with Crippen LogP contribution in [0.3, 0.4) is 0 Å². The molecule has 1 fully saturated rings. The molecule has 0 aliphatic carbocycles. The molecule has 0 radical (unpaired) electrons. The monoisotopic (exact) mass is 310 g/mol. The number of hydrogen-bond donors (Lipinski definition) is 1. The Morgan fingerprint density at radius 1 is 1.26 bits per heavy atom. The van der Waals surface area contributed by atoms with Gasteiger partial charge in [0.2, 0.25) is 11.8 Å². The number of hydrogen-bond acceptors (Lipinski definition) is 4. The molecule has 1 aliphatic rings. The van der Waals surface area contributed by atoms with Crippen LogP contribution in [0.15, 0.2) is 42.7 Å². The largest absolute Gasteiger partial charge is 0.350 e. The van der Waals surface area contributed by atoms with Crippen LogP contribution < -0.4 is 10.2 Å². The number of para-hydroxylation sites is 1. The number of amides is 2. The second-order valence-electron chi connectivity index (χ2n) is 5.53. The van der Waals surface area contributed by atoms with Crippen molar-refractivity contribution in [3.63, 3.8) is 0 Å². The summed E-state index contributed by atoms with van der Waals surface area (Å²) in [5.41, 5.74) is 2.33. The number of aryl methyl sites for hydroxylation is 1. The Balaban J connectivity index is 1.60. The zero-order chi connectivity index (χ0) is 16.2. The predicted octanol–water partition coefficient (Wildman–Crippen LogP) is 1.45. The van der Waals surface area contributed by atoms with Gasteiger partial charge < -0.3 is 10.2 Å². The molecule has 2 aromatic rings. The molecule has 2 heterocycles. The molecule has 1 atom stereocenters. The van der Waals surface area contributed by atoms with E-state index in [1.54, 1.807) is 17.3 Å². The number of anilines is 1. The molecule has 2 amide bonds. The van der Waals surface area contributed by atoms with Gasteiger partial charge in [-0.15, -0.1) is 0 Å². The Kier molecular flexibility index (Phi) is 4.32. The first-order chi connectivity index (χ1) is 11.1. The van der Waals surface area contributed by atoms with Crippen molar-refractivity contribution in [2.45, 2.75) is 19.9 Å². The average molecular weight is 310 g/mol. The van der Waals surface area contributed by atoms with Crippen molar-refractivity contribution in [1.82, 2.24) is 15.3 Å². The van der Waals surface area contributed by atoms with Crippen LogP contribution in [-0.4, -0.2) is 28.3 Å². The fourth-order valence-electron chi connectivity index (χ4n) is 2.60. The van der Waals surface area contributed by atoms with Crippen LogP contribution in [0.4, 0.5) is 5.69 Å². The van der Waals surface area contributed by atoms with Crippen molar-refractivity contribution in [3.8, 4) is 0 Å². The first-order valence-electron chi connectivity index (χ1n) is 7.57. The summed E-state index contributed by atoms with van der Waals surface area (Å²) in [5, 5.41) is 2.77. The fourth-order valence-corrected chi connectivity index (χ4v) is 2.60. The Morgan fingerprint density at radius 3 is 2.74 bits per heavy atom. The van der Waals surface area contributed by atoms with Gasteiger partial charge in [-0.25, -0.2) is 0 Å². The van der Waals surface area contributed by atoms with Gasteiger partial charge in [-0.3, -0.25) is 19.6 Å². The van der Waals surface area contributed by atoms with E-state index in [0.29, 0.717) is 18.7 Å². The summed E-state index contributed by atoms with van der Waals surface area (Å²) in [6.45, 7) is 2.69. The zero-order valence-corrected chi connectivity index (χ0v) is 12.9. The highest BCUT2D eigenvalue weighted by Gasteiger charge is 2.37. The third-order valence-corrected chi connectivity index (χ3v) is 3.87. The maximum atomic E-state index is 12.4. The molecule has 1 aliphatic heterocycles. The molecule has 1 saturated heterocycles. The lowest BCUT2D eigenvalue weighted by Gasteiger charge is -2.16. The molecule has 3 rings (SSSR count). The van der Waals surface area contributed by atoms with E-state index in [1.807, 2.05) is 37.3 Å². The van der Waals surface area contributed by atoms with Crippen LogP contribution in [-0.2, 0) is 16.1 Å². The van der Waals surface area contributed by atoms with Gasteiger partial charge in [0, 0.05) is 18.4 Å². The summed E-state index contributed by atoms with van der Waals surface area (Å²) in [6.07, 6.45) is 3.81. The molecule has 6 heteroatoms. The van der Waals surface area contributed by atoms with Crippen LogP contribution in [0, 0.1) is 12.8 Å². The number of carbonyl (C=O) groups excluding carboxylic acids is 2. The Morgan fingerprint density at radius 2 is 2.04 bits per heavy atom. The molecule has 1 unspecified atom stereocenters. The number of nitrogens with one attached hydrogen (secondary N) is 1. The van der Waals surface area contributed by atoms with Crippen LogP contribution in [0.25, 0.3) is 0 Å². The van der Waals surface area contributed by atoms with Crippen LogP contribution in [0.1, 0.15) is 17.8 Å². The minimum atomic E-state index is -0.631. The quantitative estimate of drug-likeness (QED) is 0.867. The van der Waals surface area contributed by atoms with Crippen molar-refractivity contribution in [2.75, 3.05) is 11.4 Å². The number of benzene rings is 1. The maximum absolute atomic E-state index is 12.4. The van der Waals surface area contributed by atoms with Crippen molar-refractivity contribution in [2.24, 2.45) is 5.92 Å². The first-order valence-corrected chi connectivity index (χ1v) is 7.57. The van der Waals surface area contributed by atoms with Gasteiger partial charge in [-0.2, -0.15) is 0 Å². The summed E-state index contributed by atoms with van der Waals surface area (Å²) in [4.78, 5) is 34.7. The summed E-state index contributed by atoms with van der Waals surface area (Å²) >= 11 is 0. The van der Waals surface area contributed by atoms with Gasteiger partial charge in [0.15, 0.2) is 0 Å².